The standard InChI is InChI=1S/C28H38N4O2/c1-4-7-10-11-14-19-31-20-23(34-25(33)18-9-6-3)26-27(31)30-24(17-8-5-2)32-22-16-13-12-15-21(22)29-28(26)32/h12-13,15-16,20H,4-11,14,17-19H2,1-3H3. The highest BCUT2D eigenvalue weighted by atomic mass is 16.5. The summed E-state index contributed by atoms with van der Waals surface area (Å²) in [5.74, 6) is 1.42. The largest absolute Gasteiger partial charge is 0.424 e. The summed E-state index contributed by atoms with van der Waals surface area (Å²) in [6, 6.07) is 8.18. The first-order valence-electron chi connectivity index (χ1n) is 13.2. The van der Waals surface area contributed by atoms with Crippen LogP contribution in [0.3, 0.4) is 0 Å². The number of esters is 1. The number of carbonyl (C=O) groups is 1. The summed E-state index contributed by atoms with van der Waals surface area (Å²) in [6.07, 6.45) is 13.3. The van der Waals surface area contributed by atoms with Crippen molar-refractivity contribution in [2.75, 3.05) is 0 Å². The summed E-state index contributed by atoms with van der Waals surface area (Å²) in [7, 11) is 0. The lowest BCUT2D eigenvalue weighted by Gasteiger charge is -2.09. The molecule has 0 atom stereocenters. The second-order valence-corrected chi connectivity index (χ2v) is 9.27. The van der Waals surface area contributed by atoms with E-state index in [1.165, 1.54) is 25.7 Å². The molecule has 0 unspecified atom stereocenters. The highest BCUT2D eigenvalue weighted by Crippen LogP contribution is 2.34. The van der Waals surface area contributed by atoms with E-state index in [2.05, 4.69) is 35.8 Å². The fourth-order valence-electron chi connectivity index (χ4n) is 4.61. The molecule has 1 aromatic carbocycles. The Morgan fingerprint density at radius 3 is 2.44 bits per heavy atom. The lowest BCUT2D eigenvalue weighted by atomic mass is 10.1. The third-order valence-corrected chi connectivity index (χ3v) is 6.51. The topological polar surface area (TPSA) is 61.4 Å². The van der Waals surface area contributed by atoms with Crippen molar-refractivity contribution in [1.29, 1.82) is 0 Å². The molecule has 0 saturated carbocycles. The van der Waals surface area contributed by atoms with Crippen LogP contribution in [0.4, 0.5) is 0 Å². The monoisotopic (exact) mass is 462 g/mol. The number of carbonyl (C=O) groups excluding carboxylic acids is 1. The molecule has 0 fully saturated rings. The summed E-state index contributed by atoms with van der Waals surface area (Å²) >= 11 is 0. The summed E-state index contributed by atoms with van der Waals surface area (Å²) in [5.41, 5.74) is 3.70. The van der Waals surface area contributed by atoms with Crippen molar-refractivity contribution in [1.82, 2.24) is 18.9 Å². The maximum atomic E-state index is 12.6. The molecule has 0 radical (unpaired) electrons. The number of hydrogen-bond donors (Lipinski definition) is 0. The summed E-state index contributed by atoms with van der Waals surface area (Å²) < 4.78 is 10.3. The van der Waals surface area contributed by atoms with E-state index in [4.69, 9.17) is 14.7 Å². The molecule has 34 heavy (non-hydrogen) atoms. The number of fused-ring (bicyclic) bond motifs is 5. The van der Waals surface area contributed by atoms with E-state index in [-0.39, 0.29) is 5.97 Å². The number of hydrogen-bond acceptors (Lipinski definition) is 4. The van der Waals surface area contributed by atoms with E-state index in [9.17, 15) is 4.79 Å². The minimum Gasteiger partial charge on any atom is -0.424 e. The molecule has 0 amide bonds. The molecule has 0 aliphatic heterocycles. The SMILES string of the molecule is CCCCCCCn1cc(OC(=O)CCCC)c2c1nc(CCCC)n1c3ccccc3nc21. The van der Waals surface area contributed by atoms with Crippen LogP contribution in [0, 0.1) is 0 Å². The molecule has 0 aliphatic carbocycles. The van der Waals surface area contributed by atoms with Crippen LogP contribution >= 0.6 is 0 Å². The zero-order valence-electron chi connectivity index (χ0n) is 21.0. The van der Waals surface area contributed by atoms with Gasteiger partial charge >= 0.3 is 5.97 Å². The summed E-state index contributed by atoms with van der Waals surface area (Å²) in [5, 5.41) is 0.842. The van der Waals surface area contributed by atoms with Gasteiger partial charge in [0.2, 0.25) is 0 Å². The van der Waals surface area contributed by atoms with Crippen LogP contribution in [0.1, 0.15) is 90.8 Å². The van der Waals surface area contributed by atoms with Gasteiger partial charge in [0, 0.05) is 25.6 Å². The van der Waals surface area contributed by atoms with Crippen molar-refractivity contribution < 1.29 is 9.53 Å². The predicted molar refractivity (Wildman–Crippen MR) is 139 cm³/mol. The Hall–Kier alpha value is -2.89. The number of para-hydroxylation sites is 2. The lowest BCUT2D eigenvalue weighted by molar-refractivity contribution is -0.134. The van der Waals surface area contributed by atoms with Gasteiger partial charge in [-0.2, -0.15) is 0 Å². The Morgan fingerprint density at radius 1 is 0.882 bits per heavy atom. The molecule has 4 rings (SSSR count). The summed E-state index contributed by atoms with van der Waals surface area (Å²) in [6.45, 7) is 7.39. The van der Waals surface area contributed by atoms with Crippen molar-refractivity contribution in [3.05, 3.63) is 36.3 Å². The molecule has 3 aromatic heterocycles. The second kappa shape index (κ2) is 11.5. The number of rotatable bonds is 13. The van der Waals surface area contributed by atoms with E-state index in [1.807, 2.05) is 24.4 Å². The molecule has 6 heteroatoms. The number of unbranched alkanes of at least 4 members (excludes halogenated alkanes) is 6. The molecular weight excluding hydrogens is 424 g/mol. The Bertz CT molecular complexity index is 1250. The van der Waals surface area contributed by atoms with Crippen molar-refractivity contribution in [3.8, 4) is 5.75 Å². The number of aromatic nitrogens is 4. The maximum absolute atomic E-state index is 12.6. The number of ether oxygens (including phenoxy) is 1. The van der Waals surface area contributed by atoms with E-state index in [0.29, 0.717) is 12.2 Å². The van der Waals surface area contributed by atoms with Gasteiger partial charge in [0.05, 0.1) is 11.0 Å². The first-order chi connectivity index (χ1) is 16.7. The van der Waals surface area contributed by atoms with Crippen LogP contribution in [0.2, 0.25) is 0 Å². The van der Waals surface area contributed by atoms with Crippen molar-refractivity contribution in [3.63, 3.8) is 0 Å². The van der Waals surface area contributed by atoms with Crippen LogP contribution in [0.5, 0.6) is 5.75 Å². The van der Waals surface area contributed by atoms with Crippen LogP contribution < -0.4 is 4.74 Å². The number of benzene rings is 1. The summed E-state index contributed by atoms with van der Waals surface area (Å²) in [4.78, 5) is 22.8. The third-order valence-electron chi connectivity index (χ3n) is 6.51. The first kappa shape index (κ1) is 24.2. The highest BCUT2D eigenvalue weighted by molar-refractivity contribution is 6.00. The molecule has 182 valence electrons. The van der Waals surface area contributed by atoms with Crippen LogP contribution in [0.15, 0.2) is 30.5 Å². The minimum absolute atomic E-state index is 0.187. The minimum atomic E-state index is -0.187. The molecule has 0 spiro atoms. The molecule has 3 heterocycles. The quantitative estimate of drug-likeness (QED) is 0.155. The molecule has 0 saturated heterocycles. The van der Waals surface area contributed by atoms with Gasteiger partial charge in [-0.1, -0.05) is 71.4 Å². The number of nitrogens with zero attached hydrogens (tertiary/aromatic N) is 4. The van der Waals surface area contributed by atoms with Gasteiger partial charge in [-0.15, -0.1) is 0 Å². The average molecular weight is 463 g/mol. The smallest absolute Gasteiger partial charge is 0.311 e. The molecule has 0 bridgehead atoms. The van der Waals surface area contributed by atoms with Gasteiger partial charge in [-0.3, -0.25) is 9.20 Å². The predicted octanol–water partition coefficient (Wildman–Crippen LogP) is 7.25. The van der Waals surface area contributed by atoms with E-state index in [0.717, 1.165) is 78.6 Å². The Balaban J connectivity index is 1.84. The van der Waals surface area contributed by atoms with Gasteiger partial charge in [-0.05, 0) is 31.4 Å². The van der Waals surface area contributed by atoms with Crippen molar-refractivity contribution in [2.24, 2.45) is 0 Å². The Kier molecular flexibility index (Phi) is 8.20. The normalized spacial score (nSPS) is 11.7. The van der Waals surface area contributed by atoms with E-state index < -0.39 is 0 Å². The van der Waals surface area contributed by atoms with Crippen LogP contribution in [-0.2, 0) is 17.8 Å². The molecule has 0 aliphatic rings. The zero-order chi connectivity index (χ0) is 23.9. The Labute approximate surface area is 202 Å². The first-order valence-corrected chi connectivity index (χ1v) is 13.2. The van der Waals surface area contributed by atoms with E-state index >= 15 is 0 Å². The third kappa shape index (κ3) is 5.11. The van der Waals surface area contributed by atoms with Crippen LogP contribution in [-0.4, -0.2) is 24.9 Å². The van der Waals surface area contributed by atoms with Gasteiger partial charge in [0.1, 0.15) is 16.9 Å². The molecule has 6 nitrogen and oxygen atoms in total. The average Bonchev–Trinajstić information content (AvgIpc) is 3.39. The van der Waals surface area contributed by atoms with Crippen molar-refractivity contribution >= 4 is 33.7 Å². The molecular formula is C28H38N4O2. The second-order valence-electron chi connectivity index (χ2n) is 9.27. The van der Waals surface area contributed by atoms with Gasteiger partial charge in [0.15, 0.2) is 11.4 Å². The zero-order valence-corrected chi connectivity index (χ0v) is 21.0. The highest BCUT2D eigenvalue weighted by Gasteiger charge is 2.22. The molecule has 4 aromatic rings. The van der Waals surface area contributed by atoms with Gasteiger partial charge in [0.25, 0.3) is 0 Å². The number of aryl methyl sites for hydroxylation is 2. The molecule has 0 N–H and O–H groups in total. The fraction of sp³-hybridized carbons (Fsp3) is 0.536. The Morgan fingerprint density at radius 2 is 1.65 bits per heavy atom. The fourth-order valence-corrected chi connectivity index (χ4v) is 4.61. The lowest BCUT2D eigenvalue weighted by Crippen LogP contribution is -2.07. The van der Waals surface area contributed by atoms with E-state index in [1.54, 1.807) is 0 Å². The maximum Gasteiger partial charge on any atom is 0.311 e. The van der Waals surface area contributed by atoms with Gasteiger partial charge in [-0.25, -0.2) is 9.97 Å². The van der Waals surface area contributed by atoms with Crippen LogP contribution in [0.25, 0.3) is 27.7 Å². The van der Waals surface area contributed by atoms with Gasteiger partial charge < -0.3 is 9.30 Å². The number of imidazole rings is 1. The van der Waals surface area contributed by atoms with Crippen molar-refractivity contribution in [2.45, 2.75) is 97.9 Å².